The van der Waals surface area contributed by atoms with Crippen molar-refractivity contribution in [3.05, 3.63) is 12.7 Å². The number of aromatic nitrogens is 4. The van der Waals surface area contributed by atoms with Gasteiger partial charge in [-0.15, -0.1) is 0 Å². The van der Waals surface area contributed by atoms with Gasteiger partial charge in [0.2, 0.25) is 5.91 Å². The standard InChI is InChI=1S/C12H15FN5O6P/c1-5(20)17-10-8-11(15-3-14-10)18(4-16-8)12-7(13)9(24-25(21)22)6(2-19)23-12/h3-4,6-7,9,12,19,25H,2H2,1H3,(H,21,22)(H,14,15,17,20)/t6-,7-,9-,12-/m1/s1. The van der Waals surface area contributed by atoms with Crippen molar-refractivity contribution >= 4 is 31.1 Å². The SMILES string of the molecule is CC(=O)Nc1ncnc2c1ncn2[C@@H]1O[C@H](CO)[C@@H](O[PH](=O)O)[C@H]1F. The molecule has 1 saturated heterocycles. The fourth-order valence-corrected chi connectivity index (χ4v) is 3.13. The fraction of sp³-hybridized carbons (Fsp3) is 0.500. The van der Waals surface area contributed by atoms with E-state index in [4.69, 9.17) is 9.63 Å². The molecule has 136 valence electrons. The minimum absolute atomic E-state index is 0.150. The van der Waals surface area contributed by atoms with Crippen LogP contribution in [0.1, 0.15) is 13.2 Å². The second-order valence-corrected chi connectivity index (χ2v) is 6.04. The molecule has 1 aliphatic rings. The number of nitrogens with zero attached hydrogens (tertiary/aromatic N) is 4. The van der Waals surface area contributed by atoms with E-state index in [2.05, 4.69) is 24.8 Å². The molecule has 3 heterocycles. The van der Waals surface area contributed by atoms with Crippen LogP contribution in [0.3, 0.4) is 0 Å². The molecule has 0 bridgehead atoms. The molecule has 1 aliphatic heterocycles. The lowest BCUT2D eigenvalue weighted by Gasteiger charge is -2.16. The molecule has 2 aromatic rings. The Balaban J connectivity index is 1.96. The third-order valence-corrected chi connectivity index (χ3v) is 4.08. The molecule has 0 aromatic carbocycles. The third kappa shape index (κ3) is 3.39. The molecular formula is C12H15FN5O6P. The van der Waals surface area contributed by atoms with Crippen LogP contribution >= 0.6 is 8.25 Å². The molecule has 25 heavy (non-hydrogen) atoms. The molecular weight excluding hydrogens is 360 g/mol. The maximum absolute atomic E-state index is 14.7. The number of anilines is 1. The van der Waals surface area contributed by atoms with Crippen LogP contribution in [0.4, 0.5) is 10.2 Å². The Morgan fingerprint density at radius 2 is 2.28 bits per heavy atom. The normalized spacial score (nSPS) is 27.5. The van der Waals surface area contributed by atoms with Gasteiger partial charge in [0.05, 0.1) is 12.9 Å². The van der Waals surface area contributed by atoms with Crippen molar-refractivity contribution in [2.45, 2.75) is 31.5 Å². The zero-order chi connectivity index (χ0) is 18.1. The number of hydrogen-bond donors (Lipinski definition) is 3. The summed E-state index contributed by atoms with van der Waals surface area (Å²) in [7, 11) is -3.42. The number of halogens is 1. The highest BCUT2D eigenvalue weighted by Crippen LogP contribution is 2.38. The molecule has 11 nitrogen and oxygen atoms in total. The molecule has 0 radical (unpaired) electrons. The number of rotatable bonds is 5. The van der Waals surface area contributed by atoms with Gasteiger partial charge in [-0.25, -0.2) is 19.3 Å². The van der Waals surface area contributed by atoms with Crippen molar-refractivity contribution in [3.63, 3.8) is 0 Å². The number of ether oxygens (including phenoxy) is 1. The number of aliphatic hydroxyl groups is 1. The molecule has 0 aliphatic carbocycles. The van der Waals surface area contributed by atoms with Gasteiger partial charge >= 0.3 is 8.25 Å². The number of imidazole rings is 1. The Morgan fingerprint density at radius 1 is 1.52 bits per heavy atom. The number of carbonyl (C=O) groups is 1. The van der Waals surface area contributed by atoms with E-state index in [1.807, 2.05) is 0 Å². The van der Waals surface area contributed by atoms with Crippen LogP contribution in [0.15, 0.2) is 12.7 Å². The fourth-order valence-electron chi connectivity index (χ4n) is 2.62. The highest BCUT2D eigenvalue weighted by molar-refractivity contribution is 7.32. The summed E-state index contributed by atoms with van der Waals surface area (Å²) in [4.78, 5) is 32.1. The van der Waals surface area contributed by atoms with Crippen LogP contribution in [-0.2, 0) is 18.6 Å². The minimum atomic E-state index is -3.42. The van der Waals surface area contributed by atoms with Crippen molar-refractivity contribution in [2.75, 3.05) is 11.9 Å². The van der Waals surface area contributed by atoms with Crippen molar-refractivity contribution in [1.29, 1.82) is 0 Å². The third-order valence-electron chi connectivity index (χ3n) is 3.61. The molecule has 0 saturated carbocycles. The number of amides is 1. The van der Waals surface area contributed by atoms with Crippen molar-refractivity contribution < 1.29 is 33.0 Å². The van der Waals surface area contributed by atoms with Gasteiger partial charge in [0, 0.05) is 6.92 Å². The molecule has 3 N–H and O–H groups in total. The maximum atomic E-state index is 14.7. The first-order valence-corrected chi connectivity index (χ1v) is 8.43. The van der Waals surface area contributed by atoms with Crippen LogP contribution in [-0.4, -0.2) is 60.4 Å². The van der Waals surface area contributed by atoms with Crippen LogP contribution in [0, 0.1) is 0 Å². The highest BCUT2D eigenvalue weighted by Gasteiger charge is 2.48. The zero-order valence-corrected chi connectivity index (χ0v) is 13.9. The first kappa shape index (κ1) is 17.8. The van der Waals surface area contributed by atoms with Crippen molar-refractivity contribution in [2.24, 2.45) is 0 Å². The first-order chi connectivity index (χ1) is 11.9. The summed E-state index contributed by atoms with van der Waals surface area (Å²) in [5.74, 6) is -0.214. The lowest BCUT2D eigenvalue weighted by molar-refractivity contribution is -0.114. The van der Waals surface area contributed by atoms with Gasteiger partial charge < -0.3 is 24.6 Å². The largest absolute Gasteiger partial charge is 0.394 e. The Morgan fingerprint density at radius 3 is 2.92 bits per heavy atom. The summed E-state index contributed by atoms with van der Waals surface area (Å²) in [5.41, 5.74) is 0.398. The number of carbonyl (C=O) groups excluding carboxylic acids is 1. The smallest absolute Gasteiger partial charge is 0.317 e. The highest BCUT2D eigenvalue weighted by atomic mass is 31.1. The summed E-state index contributed by atoms with van der Waals surface area (Å²) >= 11 is 0. The van der Waals surface area contributed by atoms with E-state index in [9.17, 15) is 18.9 Å². The summed E-state index contributed by atoms with van der Waals surface area (Å²) in [5, 5.41) is 11.8. The Bertz CT molecular complexity index is 818. The average Bonchev–Trinajstić information content (AvgIpc) is 3.09. The van der Waals surface area contributed by atoms with E-state index in [1.165, 1.54) is 17.8 Å². The molecule has 3 rings (SSSR count). The molecule has 1 amide bonds. The molecule has 2 aromatic heterocycles. The van der Waals surface area contributed by atoms with Gasteiger partial charge in [-0.2, -0.15) is 0 Å². The van der Waals surface area contributed by atoms with E-state index in [-0.39, 0.29) is 22.9 Å². The summed E-state index contributed by atoms with van der Waals surface area (Å²) in [6, 6.07) is 0. The average molecular weight is 375 g/mol. The lowest BCUT2D eigenvalue weighted by atomic mass is 10.1. The Hall–Kier alpha value is -1.98. The van der Waals surface area contributed by atoms with Crippen LogP contribution in [0.5, 0.6) is 0 Å². The summed E-state index contributed by atoms with van der Waals surface area (Å²) in [6.45, 7) is 0.697. The van der Waals surface area contributed by atoms with E-state index >= 15 is 0 Å². The van der Waals surface area contributed by atoms with Crippen LogP contribution in [0.25, 0.3) is 11.2 Å². The lowest BCUT2D eigenvalue weighted by Crippen LogP contribution is -2.32. The Labute approximate surface area is 140 Å². The number of aliphatic hydroxyl groups excluding tert-OH is 1. The second-order valence-electron chi connectivity index (χ2n) is 5.27. The van der Waals surface area contributed by atoms with E-state index in [0.29, 0.717) is 0 Å². The van der Waals surface area contributed by atoms with Gasteiger partial charge in [0.15, 0.2) is 29.4 Å². The minimum Gasteiger partial charge on any atom is -0.394 e. The van der Waals surface area contributed by atoms with Crippen LogP contribution in [0.2, 0.25) is 0 Å². The van der Waals surface area contributed by atoms with E-state index < -0.39 is 39.5 Å². The van der Waals surface area contributed by atoms with Crippen molar-refractivity contribution in [3.8, 4) is 0 Å². The predicted molar refractivity (Wildman–Crippen MR) is 81.6 cm³/mol. The van der Waals surface area contributed by atoms with E-state index in [1.54, 1.807) is 0 Å². The van der Waals surface area contributed by atoms with Gasteiger partial charge in [-0.05, 0) is 0 Å². The van der Waals surface area contributed by atoms with Gasteiger partial charge in [-0.3, -0.25) is 13.9 Å². The zero-order valence-electron chi connectivity index (χ0n) is 12.9. The first-order valence-electron chi connectivity index (χ1n) is 7.17. The van der Waals surface area contributed by atoms with E-state index in [0.717, 1.165) is 6.33 Å². The van der Waals surface area contributed by atoms with Crippen molar-refractivity contribution in [1.82, 2.24) is 19.5 Å². The number of hydrogen-bond acceptors (Lipinski definition) is 8. The van der Waals surface area contributed by atoms with Gasteiger partial charge in [-0.1, -0.05) is 0 Å². The molecule has 0 spiro atoms. The van der Waals surface area contributed by atoms with Gasteiger partial charge in [0.25, 0.3) is 0 Å². The number of alkyl halides is 1. The predicted octanol–water partition coefficient (Wildman–Crippen LogP) is -0.220. The molecule has 13 heteroatoms. The maximum Gasteiger partial charge on any atom is 0.317 e. The second kappa shape index (κ2) is 7.10. The summed E-state index contributed by atoms with van der Waals surface area (Å²) < 4.78 is 36.9. The number of fused-ring (bicyclic) bond motifs is 1. The molecule has 1 unspecified atom stereocenters. The van der Waals surface area contributed by atoms with Crippen LogP contribution < -0.4 is 5.32 Å². The van der Waals surface area contributed by atoms with Gasteiger partial charge in [0.1, 0.15) is 18.5 Å². The topological polar surface area (TPSA) is 149 Å². The molecule has 1 fully saturated rings. The summed E-state index contributed by atoms with van der Waals surface area (Å²) in [6.07, 6.45) is -3.28. The quantitative estimate of drug-likeness (QED) is 0.603. The molecule has 5 atom stereocenters. The monoisotopic (exact) mass is 375 g/mol. The Kier molecular flexibility index (Phi) is 5.06. The number of nitrogens with one attached hydrogen (secondary N) is 1.